The second-order valence-electron chi connectivity index (χ2n) is 8.59. The van der Waals surface area contributed by atoms with Crippen LogP contribution in [0.2, 0.25) is 0 Å². The van der Waals surface area contributed by atoms with Crippen LogP contribution in [0.5, 0.6) is 0 Å². The Morgan fingerprint density at radius 1 is 0.939 bits per heavy atom. The maximum Gasteiger partial charge on any atom is 0.265 e. The first-order valence-electron chi connectivity index (χ1n) is 11.4. The van der Waals surface area contributed by atoms with Crippen molar-refractivity contribution in [2.45, 2.75) is 6.54 Å². The molecule has 2 aliphatic rings. The summed E-state index contributed by atoms with van der Waals surface area (Å²) < 4.78 is 2.97. The van der Waals surface area contributed by atoms with Gasteiger partial charge in [-0.15, -0.1) is 0 Å². The van der Waals surface area contributed by atoms with Crippen molar-refractivity contribution in [3.8, 4) is 0 Å². The molecule has 2 aromatic heterocycles. The Bertz CT molecular complexity index is 1310. The van der Waals surface area contributed by atoms with E-state index in [-0.39, 0.29) is 0 Å². The van der Waals surface area contributed by atoms with Crippen LogP contribution in [0.15, 0.2) is 79.1 Å². The van der Waals surface area contributed by atoms with Crippen molar-refractivity contribution >= 4 is 22.9 Å². The minimum atomic E-state index is 0.636. The van der Waals surface area contributed by atoms with Crippen molar-refractivity contribution in [3.05, 3.63) is 101 Å². The molecule has 33 heavy (non-hydrogen) atoms. The highest BCUT2D eigenvalue weighted by Crippen LogP contribution is 2.31. The molecule has 4 heterocycles. The molecule has 1 N–H and O–H groups in total. The van der Waals surface area contributed by atoms with Gasteiger partial charge in [0.1, 0.15) is 5.82 Å². The zero-order valence-electron chi connectivity index (χ0n) is 18.4. The Kier molecular flexibility index (Phi) is 4.96. The van der Waals surface area contributed by atoms with Gasteiger partial charge in [0.2, 0.25) is 11.8 Å². The highest BCUT2D eigenvalue weighted by Gasteiger charge is 2.28. The number of anilines is 2. The Morgan fingerprint density at radius 3 is 2.42 bits per heavy atom. The summed E-state index contributed by atoms with van der Waals surface area (Å²) in [7, 11) is 0. The lowest BCUT2D eigenvalue weighted by atomic mass is 10.00. The summed E-state index contributed by atoms with van der Waals surface area (Å²) in [4.78, 5) is 9.59. The van der Waals surface area contributed by atoms with E-state index in [9.17, 15) is 5.21 Å². The van der Waals surface area contributed by atoms with E-state index in [1.54, 1.807) is 6.20 Å². The molecule has 2 aromatic carbocycles. The predicted molar refractivity (Wildman–Crippen MR) is 130 cm³/mol. The van der Waals surface area contributed by atoms with Crippen LogP contribution in [0.3, 0.4) is 0 Å². The SMILES string of the molecule is [O-][n+]1cc2nc(N3CCN(Cc4ccccc4)CC3)cn2c2c1C(c1ccccc1)=CCN2. The van der Waals surface area contributed by atoms with Crippen molar-refractivity contribution in [1.29, 1.82) is 0 Å². The molecule has 6 rings (SSSR count). The molecule has 166 valence electrons. The average Bonchev–Trinajstić information content (AvgIpc) is 3.30. The molecule has 0 spiro atoms. The zero-order valence-corrected chi connectivity index (χ0v) is 18.4. The van der Waals surface area contributed by atoms with Crippen LogP contribution in [0, 0.1) is 5.21 Å². The third-order valence-corrected chi connectivity index (χ3v) is 6.50. The van der Waals surface area contributed by atoms with Crippen LogP contribution < -0.4 is 14.9 Å². The van der Waals surface area contributed by atoms with Crippen LogP contribution in [-0.2, 0) is 6.54 Å². The number of rotatable bonds is 4. The second kappa shape index (κ2) is 8.26. The first-order chi connectivity index (χ1) is 16.3. The summed E-state index contributed by atoms with van der Waals surface area (Å²) in [6.45, 7) is 5.45. The molecular formula is C26H26N6O. The Labute approximate surface area is 192 Å². The van der Waals surface area contributed by atoms with Gasteiger partial charge in [-0.25, -0.2) is 4.98 Å². The summed E-state index contributed by atoms with van der Waals surface area (Å²) >= 11 is 0. The number of hydrogen-bond donors (Lipinski definition) is 1. The molecule has 1 saturated heterocycles. The summed E-state index contributed by atoms with van der Waals surface area (Å²) in [5.74, 6) is 1.71. The van der Waals surface area contributed by atoms with Gasteiger partial charge in [0.25, 0.3) is 5.69 Å². The smallest absolute Gasteiger partial charge is 0.265 e. The average molecular weight is 439 g/mol. The summed E-state index contributed by atoms with van der Waals surface area (Å²) in [6, 6.07) is 20.7. The van der Waals surface area contributed by atoms with Crippen LogP contribution in [0.4, 0.5) is 11.6 Å². The lowest BCUT2D eigenvalue weighted by molar-refractivity contribution is -0.606. The highest BCUT2D eigenvalue weighted by molar-refractivity contribution is 5.84. The summed E-state index contributed by atoms with van der Waals surface area (Å²) in [5, 5.41) is 16.4. The fourth-order valence-corrected chi connectivity index (χ4v) is 4.80. The minimum absolute atomic E-state index is 0.636. The van der Waals surface area contributed by atoms with Gasteiger partial charge in [-0.05, 0) is 11.1 Å². The molecule has 0 saturated carbocycles. The van der Waals surface area contributed by atoms with Crippen molar-refractivity contribution in [2.75, 3.05) is 42.9 Å². The molecule has 0 atom stereocenters. The van der Waals surface area contributed by atoms with E-state index in [1.165, 1.54) is 5.56 Å². The number of nitrogens with zero attached hydrogens (tertiary/aromatic N) is 5. The van der Waals surface area contributed by atoms with E-state index in [4.69, 9.17) is 4.98 Å². The zero-order chi connectivity index (χ0) is 22.2. The van der Waals surface area contributed by atoms with E-state index >= 15 is 0 Å². The van der Waals surface area contributed by atoms with Gasteiger partial charge in [-0.1, -0.05) is 66.7 Å². The van der Waals surface area contributed by atoms with E-state index in [1.807, 2.05) is 34.7 Å². The van der Waals surface area contributed by atoms with Crippen LogP contribution in [-0.4, -0.2) is 47.0 Å². The van der Waals surface area contributed by atoms with E-state index in [0.717, 1.165) is 60.2 Å². The third kappa shape index (κ3) is 3.70. The lowest BCUT2D eigenvalue weighted by Crippen LogP contribution is -2.46. The molecule has 0 radical (unpaired) electrons. The van der Waals surface area contributed by atoms with Crippen molar-refractivity contribution in [2.24, 2.45) is 0 Å². The number of nitrogens with one attached hydrogen (secondary N) is 1. The van der Waals surface area contributed by atoms with Gasteiger partial charge < -0.3 is 15.4 Å². The minimum Gasteiger partial charge on any atom is -0.618 e. The van der Waals surface area contributed by atoms with Crippen molar-refractivity contribution in [1.82, 2.24) is 14.3 Å². The monoisotopic (exact) mass is 438 g/mol. The van der Waals surface area contributed by atoms with E-state index in [0.29, 0.717) is 17.9 Å². The fourth-order valence-electron chi connectivity index (χ4n) is 4.80. The number of aromatic nitrogens is 3. The molecule has 0 aliphatic carbocycles. The quantitative estimate of drug-likeness (QED) is 0.392. The topological polar surface area (TPSA) is 62.8 Å². The Morgan fingerprint density at radius 2 is 1.67 bits per heavy atom. The molecule has 1 fully saturated rings. The van der Waals surface area contributed by atoms with Gasteiger partial charge in [-0.2, -0.15) is 4.73 Å². The fraction of sp³-hybridized carbons (Fsp3) is 0.231. The van der Waals surface area contributed by atoms with Gasteiger partial charge in [-0.3, -0.25) is 9.30 Å². The normalized spacial score (nSPS) is 16.4. The molecule has 0 unspecified atom stereocenters. The number of hydrogen-bond acceptors (Lipinski definition) is 5. The molecule has 0 amide bonds. The van der Waals surface area contributed by atoms with Gasteiger partial charge >= 0.3 is 0 Å². The van der Waals surface area contributed by atoms with Gasteiger partial charge in [0, 0.05) is 39.3 Å². The van der Waals surface area contributed by atoms with E-state index < -0.39 is 0 Å². The summed E-state index contributed by atoms with van der Waals surface area (Å²) in [5.41, 5.74) is 4.63. The second-order valence-corrected chi connectivity index (χ2v) is 8.59. The predicted octanol–water partition coefficient (Wildman–Crippen LogP) is 3.15. The molecular weight excluding hydrogens is 412 g/mol. The van der Waals surface area contributed by atoms with Gasteiger partial charge in [0.05, 0.1) is 11.8 Å². The Balaban J connectivity index is 1.26. The number of piperazine rings is 1. The molecule has 7 nitrogen and oxygen atoms in total. The molecule has 4 aromatic rings. The number of benzene rings is 2. The van der Waals surface area contributed by atoms with Crippen LogP contribution in [0.1, 0.15) is 16.8 Å². The molecule has 7 heteroatoms. The first-order valence-corrected chi connectivity index (χ1v) is 11.4. The number of fused-ring (bicyclic) bond motifs is 3. The van der Waals surface area contributed by atoms with Crippen molar-refractivity contribution < 1.29 is 4.73 Å². The van der Waals surface area contributed by atoms with Crippen molar-refractivity contribution in [3.63, 3.8) is 0 Å². The van der Waals surface area contributed by atoms with Crippen LogP contribution >= 0.6 is 0 Å². The maximum atomic E-state index is 13.0. The standard InChI is InChI=1S/C26H26N6O/c33-32-19-24-28-23(30-15-13-29(14-16-30)17-20-7-3-1-4-8-20)18-31(24)26-25(32)22(11-12-27-26)21-9-5-2-6-10-21/h1-11,18-19,27H,12-17H2. The van der Waals surface area contributed by atoms with E-state index in [2.05, 4.69) is 57.7 Å². The first kappa shape index (κ1) is 19.8. The summed E-state index contributed by atoms with van der Waals surface area (Å²) in [6.07, 6.45) is 5.71. The van der Waals surface area contributed by atoms with Gasteiger partial charge in [0.15, 0.2) is 5.82 Å². The molecule has 2 aliphatic heterocycles. The largest absolute Gasteiger partial charge is 0.618 e. The van der Waals surface area contributed by atoms with Crippen LogP contribution in [0.25, 0.3) is 11.2 Å². The Hall–Kier alpha value is -3.84. The number of imidazole rings is 1. The maximum absolute atomic E-state index is 13.0. The third-order valence-electron chi connectivity index (χ3n) is 6.50. The highest BCUT2D eigenvalue weighted by atomic mass is 16.5. The lowest BCUT2D eigenvalue weighted by Gasteiger charge is -2.34. The molecule has 0 bridgehead atoms.